The van der Waals surface area contributed by atoms with Gasteiger partial charge in [-0.3, -0.25) is 0 Å². The van der Waals surface area contributed by atoms with Gasteiger partial charge in [-0.05, 0) is 12.5 Å². The standard InChI is InChI=1S/C12H16N4O3S/c1-15(2)20(17,18)16-6-4-11(9-16)19-12-7-10(8-13)3-5-14-12/h3,5,7,11H,4,6,9H2,1-2H3. The van der Waals surface area contributed by atoms with Crippen molar-refractivity contribution in [3.8, 4) is 11.9 Å². The zero-order chi connectivity index (χ0) is 14.8. The Bertz CT molecular complexity index is 624. The molecule has 1 unspecified atom stereocenters. The molecular weight excluding hydrogens is 280 g/mol. The molecule has 0 spiro atoms. The van der Waals surface area contributed by atoms with Crippen LogP contribution >= 0.6 is 0 Å². The molecule has 2 rings (SSSR count). The summed E-state index contributed by atoms with van der Waals surface area (Å²) < 4.78 is 32.1. The van der Waals surface area contributed by atoms with Crippen molar-refractivity contribution in [1.29, 1.82) is 5.26 Å². The molecule has 0 amide bonds. The van der Waals surface area contributed by atoms with Gasteiger partial charge >= 0.3 is 0 Å². The van der Waals surface area contributed by atoms with Gasteiger partial charge in [0.15, 0.2) is 0 Å². The zero-order valence-corrected chi connectivity index (χ0v) is 12.2. The van der Waals surface area contributed by atoms with E-state index in [2.05, 4.69) is 4.98 Å². The first-order valence-corrected chi connectivity index (χ1v) is 7.53. The van der Waals surface area contributed by atoms with Crippen LogP contribution in [0.4, 0.5) is 0 Å². The molecule has 0 aromatic carbocycles. The second-order valence-electron chi connectivity index (χ2n) is 4.67. The highest BCUT2D eigenvalue weighted by Gasteiger charge is 2.33. The van der Waals surface area contributed by atoms with E-state index in [0.29, 0.717) is 31.0 Å². The van der Waals surface area contributed by atoms with E-state index in [1.54, 1.807) is 12.1 Å². The maximum Gasteiger partial charge on any atom is 0.281 e. The third-order valence-electron chi connectivity index (χ3n) is 3.05. The Morgan fingerprint density at radius 1 is 1.55 bits per heavy atom. The van der Waals surface area contributed by atoms with Crippen LogP contribution in [0.1, 0.15) is 12.0 Å². The highest BCUT2D eigenvalue weighted by Crippen LogP contribution is 2.20. The number of pyridine rings is 1. The van der Waals surface area contributed by atoms with Crippen LogP contribution in [0.5, 0.6) is 5.88 Å². The highest BCUT2D eigenvalue weighted by atomic mass is 32.2. The smallest absolute Gasteiger partial charge is 0.281 e. The minimum absolute atomic E-state index is 0.244. The molecule has 8 heteroatoms. The molecule has 1 fully saturated rings. The van der Waals surface area contributed by atoms with E-state index in [0.717, 1.165) is 0 Å². The van der Waals surface area contributed by atoms with Gasteiger partial charge in [0.25, 0.3) is 10.2 Å². The number of aromatic nitrogens is 1. The SMILES string of the molecule is CN(C)S(=O)(=O)N1CCC(Oc2cc(C#N)ccn2)C1. The number of hydrogen-bond donors (Lipinski definition) is 0. The summed E-state index contributed by atoms with van der Waals surface area (Å²) in [4.78, 5) is 4.02. The van der Waals surface area contributed by atoms with Crippen molar-refractivity contribution in [2.24, 2.45) is 0 Å². The maximum atomic E-state index is 12.0. The Balaban J connectivity index is 2.02. The van der Waals surface area contributed by atoms with Crippen LogP contribution in [-0.2, 0) is 10.2 Å². The third-order valence-corrected chi connectivity index (χ3v) is 4.95. The zero-order valence-electron chi connectivity index (χ0n) is 11.4. The van der Waals surface area contributed by atoms with Gasteiger partial charge in [0, 0.05) is 32.9 Å². The summed E-state index contributed by atoms with van der Waals surface area (Å²) in [6.07, 6.45) is 1.86. The van der Waals surface area contributed by atoms with Crippen molar-refractivity contribution in [3.63, 3.8) is 0 Å². The van der Waals surface area contributed by atoms with E-state index in [9.17, 15) is 8.42 Å². The van der Waals surface area contributed by atoms with Gasteiger partial charge in [0.05, 0.1) is 18.2 Å². The molecule has 108 valence electrons. The van der Waals surface area contributed by atoms with E-state index in [1.807, 2.05) is 6.07 Å². The normalized spacial score (nSPS) is 20.0. The third kappa shape index (κ3) is 3.07. The fourth-order valence-corrected chi connectivity index (χ4v) is 3.10. The summed E-state index contributed by atoms with van der Waals surface area (Å²) in [5.41, 5.74) is 0.464. The van der Waals surface area contributed by atoms with E-state index < -0.39 is 10.2 Å². The van der Waals surface area contributed by atoms with Crippen LogP contribution in [0.3, 0.4) is 0 Å². The molecule has 0 bridgehead atoms. The van der Waals surface area contributed by atoms with Gasteiger partial charge in [0.2, 0.25) is 5.88 Å². The topological polar surface area (TPSA) is 86.5 Å². The maximum absolute atomic E-state index is 12.0. The number of rotatable bonds is 4. The summed E-state index contributed by atoms with van der Waals surface area (Å²) in [6, 6.07) is 5.14. The van der Waals surface area contributed by atoms with Gasteiger partial charge in [-0.25, -0.2) is 4.98 Å². The second-order valence-corrected chi connectivity index (χ2v) is 6.81. The van der Waals surface area contributed by atoms with Crippen molar-refractivity contribution in [3.05, 3.63) is 23.9 Å². The van der Waals surface area contributed by atoms with Gasteiger partial charge in [-0.1, -0.05) is 0 Å². The van der Waals surface area contributed by atoms with Crippen molar-refractivity contribution < 1.29 is 13.2 Å². The second kappa shape index (κ2) is 5.75. The Hall–Kier alpha value is -1.69. The lowest BCUT2D eigenvalue weighted by Crippen LogP contribution is -2.39. The highest BCUT2D eigenvalue weighted by molar-refractivity contribution is 7.86. The van der Waals surface area contributed by atoms with Gasteiger partial charge in [0.1, 0.15) is 6.10 Å². The quantitative estimate of drug-likeness (QED) is 0.793. The predicted octanol–water partition coefficient (Wildman–Crippen LogP) is 0.213. The van der Waals surface area contributed by atoms with Crippen molar-refractivity contribution in [1.82, 2.24) is 13.6 Å². The Labute approximate surface area is 118 Å². The largest absolute Gasteiger partial charge is 0.473 e. The first-order chi connectivity index (χ1) is 9.43. The first-order valence-electron chi connectivity index (χ1n) is 6.14. The fourth-order valence-electron chi connectivity index (χ4n) is 1.95. The van der Waals surface area contributed by atoms with Crippen LogP contribution in [0.25, 0.3) is 0 Å². The summed E-state index contributed by atoms with van der Waals surface area (Å²) >= 11 is 0. The molecule has 1 saturated heterocycles. The molecule has 0 saturated carbocycles. The first kappa shape index (κ1) is 14.7. The van der Waals surface area contributed by atoms with E-state index in [4.69, 9.17) is 10.00 Å². The number of hydrogen-bond acceptors (Lipinski definition) is 5. The Morgan fingerprint density at radius 3 is 2.95 bits per heavy atom. The van der Waals surface area contributed by atoms with Gasteiger partial charge < -0.3 is 4.74 Å². The lowest BCUT2D eigenvalue weighted by molar-refractivity contribution is 0.206. The van der Waals surface area contributed by atoms with E-state index >= 15 is 0 Å². The molecule has 7 nitrogen and oxygen atoms in total. The lowest BCUT2D eigenvalue weighted by atomic mass is 10.3. The molecule has 1 atom stereocenters. The molecular formula is C12H16N4O3S. The molecule has 0 N–H and O–H groups in total. The number of nitrogens with zero attached hydrogens (tertiary/aromatic N) is 4. The van der Waals surface area contributed by atoms with Crippen molar-refractivity contribution in [2.45, 2.75) is 12.5 Å². The summed E-state index contributed by atoms with van der Waals surface area (Å²) in [7, 11) is -0.398. The van der Waals surface area contributed by atoms with Gasteiger partial charge in [-0.15, -0.1) is 0 Å². The van der Waals surface area contributed by atoms with Crippen molar-refractivity contribution >= 4 is 10.2 Å². The average Bonchev–Trinajstić information content (AvgIpc) is 2.88. The Morgan fingerprint density at radius 2 is 2.30 bits per heavy atom. The predicted molar refractivity (Wildman–Crippen MR) is 72.2 cm³/mol. The lowest BCUT2D eigenvalue weighted by Gasteiger charge is -2.20. The molecule has 20 heavy (non-hydrogen) atoms. The number of ether oxygens (including phenoxy) is 1. The van der Waals surface area contributed by atoms with Crippen molar-refractivity contribution in [2.75, 3.05) is 27.2 Å². The summed E-state index contributed by atoms with van der Waals surface area (Å²) in [6.45, 7) is 0.710. The van der Waals surface area contributed by atoms with Crippen LogP contribution in [0, 0.1) is 11.3 Å². The molecule has 0 aliphatic carbocycles. The molecule has 2 heterocycles. The van der Waals surface area contributed by atoms with Crippen LogP contribution in [-0.4, -0.2) is 55.3 Å². The molecule has 0 radical (unpaired) electrons. The summed E-state index contributed by atoms with van der Waals surface area (Å²) in [5, 5.41) is 8.81. The van der Waals surface area contributed by atoms with E-state index in [1.165, 1.54) is 28.9 Å². The minimum Gasteiger partial charge on any atom is -0.473 e. The average molecular weight is 296 g/mol. The van der Waals surface area contributed by atoms with E-state index in [-0.39, 0.29) is 6.10 Å². The Kier molecular flexibility index (Phi) is 4.23. The fraction of sp³-hybridized carbons (Fsp3) is 0.500. The van der Waals surface area contributed by atoms with Crippen LogP contribution in [0.15, 0.2) is 18.3 Å². The summed E-state index contributed by atoms with van der Waals surface area (Å²) in [5.74, 6) is 0.346. The van der Waals surface area contributed by atoms with Crippen LogP contribution < -0.4 is 4.74 Å². The number of nitriles is 1. The minimum atomic E-state index is -3.40. The molecule has 1 aliphatic rings. The molecule has 1 aliphatic heterocycles. The monoisotopic (exact) mass is 296 g/mol. The molecule has 1 aromatic heterocycles. The van der Waals surface area contributed by atoms with Crippen LogP contribution in [0.2, 0.25) is 0 Å². The van der Waals surface area contributed by atoms with Gasteiger partial charge in [-0.2, -0.15) is 22.3 Å². The molecule has 1 aromatic rings.